The summed E-state index contributed by atoms with van der Waals surface area (Å²) in [7, 11) is 0. The van der Waals surface area contributed by atoms with Crippen molar-refractivity contribution < 1.29 is 14.3 Å². The van der Waals surface area contributed by atoms with Gasteiger partial charge in [0.05, 0.1) is 11.7 Å². The van der Waals surface area contributed by atoms with Gasteiger partial charge >= 0.3 is 11.9 Å². The van der Waals surface area contributed by atoms with E-state index in [4.69, 9.17) is 0 Å². The lowest BCUT2D eigenvalue weighted by atomic mass is 10.3. The van der Waals surface area contributed by atoms with Crippen molar-refractivity contribution in [3.8, 4) is 0 Å². The summed E-state index contributed by atoms with van der Waals surface area (Å²) >= 11 is 0. The van der Waals surface area contributed by atoms with Crippen LogP contribution in [0, 0.1) is 4.91 Å². The minimum atomic E-state index is -0.884. The molecule has 1 aliphatic rings. The number of hydrogen-bond acceptors (Lipinski definition) is 5. The Hall–Kier alpha value is -1.46. The first kappa shape index (κ1) is 6.66. The lowest BCUT2D eigenvalue weighted by Crippen LogP contribution is -2.28. The van der Waals surface area contributed by atoms with Gasteiger partial charge in [-0.15, -0.1) is 4.91 Å². The molecule has 6 heteroatoms. The van der Waals surface area contributed by atoms with E-state index in [9.17, 15) is 14.5 Å². The molecule has 6 nitrogen and oxygen atoms in total. The van der Waals surface area contributed by atoms with Gasteiger partial charge in [0.25, 0.3) is 0 Å². The zero-order valence-electron chi connectivity index (χ0n) is 4.86. The fourth-order valence-corrected chi connectivity index (χ4v) is 0.637. The molecule has 1 heterocycles. The quantitative estimate of drug-likeness (QED) is 0.235. The van der Waals surface area contributed by atoms with Crippen molar-refractivity contribution >= 4 is 11.9 Å². The van der Waals surface area contributed by atoms with E-state index in [1.165, 1.54) is 0 Å². The van der Waals surface area contributed by atoms with Crippen molar-refractivity contribution in [2.75, 3.05) is 0 Å². The number of nitrogens with zero attached hydrogens (tertiary/aromatic N) is 1. The fraction of sp³-hybridized carbons (Fsp3) is 0.500. The monoisotopic (exact) mass is 144 g/mol. The number of cyclic esters (lactones) is 2. The molecule has 10 heavy (non-hydrogen) atoms. The van der Waals surface area contributed by atoms with Crippen LogP contribution in [0.1, 0.15) is 6.42 Å². The van der Waals surface area contributed by atoms with E-state index in [0.717, 1.165) is 0 Å². The average Bonchev–Trinajstić information content (AvgIpc) is 2.13. The van der Waals surface area contributed by atoms with Crippen LogP contribution in [0.15, 0.2) is 5.29 Å². The minimum Gasteiger partial charge on any atom is -0.391 e. The molecule has 0 amide bonds. The normalized spacial score (nSPS) is 24.2. The molecule has 0 aromatic carbocycles. The Bertz CT molecular complexity index is 190. The van der Waals surface area contributed by atoms with E-state index >= 15 is 0 Å². The summed E-state index contributed by atoms with van der Waals surface area (Å²) in [4.78, 5) is 30.3. The maximum Gasteiger partial charge on any atom is 0.338 e. The third-order valence-electron chi connectivity index (χ3n) is 1.08. The Morgan fingerprint density at radius 3 is 2.70 bits per heavy atom. The van der Waals surface area contributed by atoms with Gasteiger partial charge in [0.15, 0.2) is 6.04 Å². The highest BCUT2D eigenvalue weighted by Gasteiger charge is 2.33. The number of carbonyl (C=O) groups is 2. The first-order chi connectivity index (χ1) is 4.74. The van der Waals surface area contributed by atoms with Crippen LogP contribution in [-0.2, 0) is 14.3 Å². The van der Waals surface area contributed by atoms with Crippen LogP contribution < -0.4 is 5.43 Å². The summed E-state index contributed by atoms with van der Waals surface area (Å²) in [5.74, 6) is -1.38. The molecule has 1 aliphatic heterocycles. The van der Waals surface area contributed by atoms with Crippen LogP contribution in [0.4, 0.5) is 0 Å². The Balaban J connectivity index is 2.54. The predicted molar refractivity (Wildman–Crippen MR) is 28.4 cm³/mol. The second-order valence-corrected chi connectivity index (χ2v) is 1.77. The van der Waals surface area contributed by atoms with Gasteiger partial charge in [0, 0.05) is 0 Å². The first-order valence-electron chi connectivity index (χ1n) is 2.56. The smallest absolute Gasteiger partial charge is 0.338 e. The van der Waals surface area contributed by atoms with Gasteiger partial charge in [-0.2, -0.15) is 0 Å². The molecular formula is C4H4N2O4. The number of carbonyl (C=O) groups excluding carboxylic acids is 2. The molecule has 0 saturated carbocycles. The van der Waals surface area contributed by atoms with E-state index in [0.29, 0.717) is 0 Å². The topological polar surface area (TPSA) is 84.8 Å². The van der Waals surface area contributed by atoms with Crippen molar-refractivity contribution in [3.63, 3.8) is 0 Å². The van der Waals surface area contributed by atoms with Crippen LogP contribution in [0.5, 0.6) is 0 Å². The highest BCUT2D eigenvalue weighted by Crippen LogP contribution is 2.06. The van der Waals surface area contributed by atoms with Gasteiger partial charge < -0.3 is 4.74 Å². The van der Waals surface area contributed by atoms with Crippen molar-refractivity contribution in [3.05, 3.63) is 4.91 Å². The zero-order chi connectivity index (χ0) is 7.56. The number of ether oxygens (including phenoxy) is 1. The summed E-state index contributed by atoms with van der Waals surface area (Å²) in [5, 5.41) is 2.25. The fourth-order valence-electron chi connectivity index (χ4n) is 0.637. The second kappa shape index (κ2) is 2.42. The van der Waals surface area contributed by atoms with Crippen LogP contribution in [0.2, 0.25) is 0 Å². The Kier molecular flexibility index (Phi) is 1.61. The van der Waals surface area contributed by atoms with Gasteiger partial charge in [0.2, 0.25) is 0 Å². The van der Waals surface area contributed by atoms with Crippen molar-refractivity contribution in [2.24, 2.45) is 5.29 Å². The first-order valence-corrected chi connectivity index (χ1v) is 2.56. The van der Waals surface area contributed by atoms with Gasteiger partial charge in [-0.05, 0) is 0 Å². The molecule has 0 bridgehead atoms. The van der Waals surface area contributed by atoms with Crippen molar-refractivity contribution in [1.82, 2.24) is 5.43 Å². The number of nitrogens with one attached hydrogen (secondary N) is 1. The maximum atomic E-state index is 10.5. The van der Waals surface area contributed by atoms with Gasteiger partial charge in [-0.25, -0.2) is 4.79 Å². The van der Waals surface area contributed by atoms with Crippen LogP contribution >= 0.6 is 0 Å². The Morgan fingerprint density at radius 1 is 1.60 bits per heavy atom. The SMILES string of the molecule is O=NN[C@H]1CC(=O)OC1=O. The molecule has 1 saturated heterocycles. The molecule has 0 aliphatic carbocycles. The average molecular weight is 144 g/mol. The van der Waals surface area contributed by atoms with Gasteiger partial charge in [-0.1, -0.05) is 0 Å². The highest BCUT2D eigenvalue weighted by atomic mass is 16.6. The van der Waals surface area contributed by atoms with E-state index in [1.54, 1.807) is 0 Å². The minimum absolute atomic E-state index is 0.120. The molecule has 0 aromatic rings. The number of nitroso groups, excluding NO2 is 1. The molecular weight excluding hydrogens is 140 g/mol. The molecule has 0 unspecified atom stereocenters. The van der Waals surface area contributed by atoms with Crippen LogP contribution in [-0.4, -0.2) is 18.0 Å². The molecule has 1 fully saturated rings. The lowest BCUT2D eigenvalue weighted by molar-refractivity contribution is -0.152. The lowest BCUT2D eigenvalue weighted by Gasteiger charge is -1.96. The molecule has 0 radical (unpaired) electrons. The predicted octanol–water partition coefficient (Wildman–Crippen LogP) is -0.901. The van der Waals surface area contributed by atoms with E-state index in [1.807, 2.05) is 5.43 Å². The third kappa shape index (κ3) is 1.09. The van der Waals surface area contributed by atoms with E-state index < -0.39 is 18.0 Å². The summed E-state index contributed by atoms with van der Waals surface area (Å²) in [6, 6.07) is -0.884. The standard InChI is InChI=1S/C4H4N2O4/c7-3-1-2(5-6-9)4(8)10-3/h2H,1H2,(H,5,9)/t2-/m0/s1. The Morgan fingerprint density at radius 2 is 2.30 bits per heavy atom. The zero-order valence-corrected chi connectivity index (χ0v) is 4.86. The molecule has 1 rings (SSSR count). The number of esters is 2. The van der Waals surface area contributed by atoms with Gasteiger partial charge in [-0.3, -0.25) is 10.2 Å². The number of rotatable bonds is 2. The summed E-state index contributed by atoms with van der Waals surface area (Å²) < 4.78 is 4.09. The third-order valence-corrected chi connectivity index (χ3v) is 1.08. The molecule has 0 aromatic heterocycles. The molecule has 0 spiro atoms. The maximum absolute atomic E-state index is 10.5. The van der Waals surface area contributed by atoms with Crippen LogP contribution in [0.25, 0.3) is 0 Å². The summed E-state index contributed by atoms with van der Waals surface area (Å²) in [6.07, 6.45) is -0.120. The summed E-state index contributed by atoms with van der Waals surface area (Å²) in [6.45, 7) is 0. The van der Waals surface area contributed by atoms with E-state index in [2.05, 4.69) is 10.0 Å². The van der Waals surface area contributed by atoms with Crippen molar-refractivity contribution in [1.29, 1.82) is 0 Å². The molecule has 1 N–H and O–H groups in total. The van der Waals surface area contributed by atoms with Crippen molar-refractivity contribution in [2.45, 2.75) is 12.5 Å². The Labute approximate surface area is 55.5 Å². The summed E-state index contributed by atoms with van der Waals surface area (Å²) in [5.41, 5.74) is 1.90. The van der Waals surface area contributed by atoms with Gasteiger partial charge in [0.1, 0.15) is 0 Å². The second-order valence-electron chi connectivity index (χ2n) is 1.77. The van der Waals surface area contributed by atoms with Crippen LogP contribution in [0.3, 0.4) is 0 Å². The molecule has 54 valence electrons. The number of hydrogen-bond donors (Lipinski definition) is 1. The molecule has 1 atom stereocenters. The largest absolute Gasteiger partial charge is 0.391 e. The van der Waals surface area contributed by atoms with E-state index in [-0.39, 0.29) is 6.42 Å². The highest BCUT2D eigenvalue weighted by molar-refractivity contribution is 5.96.